The molecule has 0 bridgehead atoms. The van der Waals surface area contributed by atoms with Crippen LogP contribution in [0.5, 0.6) is 0 Å². The monoisotopic (exact) mass is 473 g/mol. The summed E-state index contributed by atoms with van der Waals surface area (Å²) in [5.74, 6) is -0.379. The number of benzene rings is 2. The third-order valence-electron chi connectivity index (χ3n) is 5.39. The van der Waals surface area contributed by atoms with Gasteiger partial charge < -0.3 is 10.2 Å². The van der Waals surface area contributed by atoms with Crippen molar-refractivity contribution in [1.29, 1.82) is 0 Å². The number of rotatable bonds is 12. The fourth-order valence-corrected chi connectivity index (χ4v) is 4.43. The zero-order valence-electron chi connectivity index (χ0n) is 20.0. The SMILES string of the molecule is CCCNC(=O)[C@@H](C)N(Cc1ccc(C)cc1)C(=O)CCCN(c1ccccc1)S(C)(=O)=O. The van der Waals surface area contributed by atoms with Crippen LogP contribution in [0.25, 0.3) is 0 Å². The van der Waals surface area contributed by atoms with Gasteiger partial charge in [0.2, 0.25) is 21.8 Å². The number of anilines is 1. The number of para-hydroxylation sites is 1. The Kier molecular flexibility index (Phi) is 9.91. The second kappa shape index (κ2) is 12.4. The molecule has 0 unspecified atom stereocenters. The second-order valence-electron chi connectivity index (χ2n) is 8.25. The molecule has 1 atom stereocenters. The van der Waals surface area contributed by atoms with E-state index in [4.69, 9.17) is 0 Å². The van der Waals surface area contributed by atoms with Crippen LogP contribution < -0.4 is 9.62 Å². The summed E-state index contributed by atoms with van der Waals surface area (Å²) in [5.41, 5.74) is 2.62. The number of aryl methyl sites for hydroxylation is 1. The molecule has 0 radical (unpaired) electrons. The van der Waals surface area contributed by atoms with E-state index in [9.17, 15) is 18.0 Å². The zero-order chi connectivity index (χ0) is 24.4. The Labute approximate surface area is 197 Å². The van der Waals surface area contributed by atoms with Crippen molar-refractivity contribution in [3.63, 3.8) is 0 Å². The Morgan fingerprint density at radius 3 is 2.24 bits per heavy atom. The normalized spacial score (nSPS) is 12.1. The molecule has 2 rings (SSSR count). The van der Waals surface area contributed by atoms with E-state index in [1.54, 1.807) is 36.1 Å². The minimum Gasteiger partial charge on any atom is -0.354 e. The summed E-state index contributed by atoms with van der Waals surface area (Å²) in [5, 5.41) is 2.86. The first-order chi connectivity index (χ1) is 15.6. The minimum absolute atomic E-state index is 0.135. The van der Waals surface area contributed by atoms with E-state index in [-0.39, 0.29) is 24.8 Å². The number of amides is 2. The Bertz CT molecular complexity index is 1010. The maximum Gasteiger partial charge on any atom is 0.242 e. The van der Waals surface area contributed by atoms with Crippen LogP contribution in [0, 0.1) is 6.92 Å². The molecule has 33 heavy (non-hydrogen) atoms. The summed E-state index contributed by atoms with van der Waals surface area (Å²) >= 11 is 0. The van der Waals surface area contributed by atoms with Gasteiger partial charge in [0.15, 0.2) is 0 Å². The van der Waals surface area contributed by atoms with Crippen molar-refractivity contribution in [1.82, 2.24) is 10.2 Å². The summed E-state index contributed by atoms with van der Waals surface area (Å²) < 4.78 is 25.9. The number of carbonyl (C=O) groups is 2. The fourth-order valence-electron chi connectivity index (χ4n) is 3.47. The van der Waals surface area contributed by atoms with Gasteiger partial charge in [-0.15, -0.1) is 0 Å². The molecule has 0 aliphatic heterocycles. The number of nitrogens with one attached hydrogen (secondary N) is 1. The number of hydrogen-bond acceptors (Lipinski definition) is 4. The molecule has 0 fully saturated rings. The molecule has 2 amide bonds. The molecule has 8 heteroatoms. The lowest BCUT2D eigenvalue weighted by atomic mass is 10.1. The molecule has 0 heterocycles. The Morgan fingerprint density at radius 1 is 1.03 bits per heavy atom. The average molecular weight is 474 g/mol. The van der Waals surface area contributed by atoms with E-state index >= 15 is 0 Å². The Morgan fingerprint density at radius 2 is 1.67 bits per heavy atom. The van der Waals surface area contributed by atoms with Crippen LogP contribution in [-0.2, 0) is 26.2 Å². The first-order valence-electron chi connectivity index (χ1n) is 11.3. The van der Waals surface area contributed by atoms with Crippen LogP contribution in [0.1, 0.15) is 44.2 Å². The lowest BCUT2D eigenvalue weighted by molar-refractivity contribution is -0.140. The van der Waals surface area contributed by atoms with Crippen molar-refractivity contribution in [2.45, 2.75) is 52.6 Å². The highest BCUT2D eigenvalue weighted by molar-refractivity contribution is 7.92. The van der Waals surface area contributed by atoms with E-state index in [0.717, 1.165) is 23.8 Å². The Balaban J connectivity index is 2.12. The number of sulfonamides is 1. The smallest absolute Gasteiger partial charge is 0.242 e. The zero-order valence-corrected chi connectivity index (χ0v) is 20.8. The van der Waals surface area contributed by atoms with Crippen LogP contribution >= 0.6 is 0 Å². The van der Waals surface area contributed by atoms with Gasteiger partial charge in [0.1, 0.15) is 6.04 Å². The van der Waals surface area contributed by atoms with E-state index in [2.05, 4.69) is 5.32 Å². The first kappa shape index (κ1) is 26.4. The van der Waals surface area contributed by atoms with Crippen molar-refractivity contribution in [3.8, 4) is 0 Å². The third kappa shape index (κ3) is 8.20. The van der Waals surface area contributed by atoms with E-state index < -0.39 is 16.1 Å². The second-order valence-corrected chi connectivity index (χ2v) is 10.2. The molecule has 0 spiro atoms. The first-order valence-corrected chi connectivity index (χ1v) is 13.1. The highest BCUT2D eigenvalue weighted by Crippen LogP contribution is 2.18. The molecule has 0 aliphatic carbocycles. The third-order valence-corrected chi connectivity index (χ3v) is 6.58. The van der Waals surface area contributed by atoms with Gasteiger partial charge in [-0.3, -0.25) is 13.9 Å². The van der Waals surface area contributed by atoms with E-state index in [1.807, 2.05) is 44.2 Å². The van der Waals surface area contributed by atoms with Gasteiger partial charge in [-0.05, 0) is 44.4 Å². The van der Waals surface area contributed by atoms with Crippen molar-refractivity contribution in [3.05, 3.63) is 65.7 Å². The van der Waals surface area contributed by atoms with E-state index in [0.29, 0.717) is 25.2 Å². The van der Waals surface area contributed by atoms with Crippen molar-refractivity contribution in [2.75, 3.05) is 23.7 Å². The van der Waals surface area contributed by atoms with E-state index in [1.165, 1.54) is 4.31 Å². The summed E-state index contributed by atoms with van der Waals surface area (Å²) in [6.45, 7) is 6.74. The van der Waals surface area contributed by atoms with Gasteiger partial charge in [0, 0.05) is 26.1 Å². The molecule has 0 saturated carbocycles. The molecule has 0 saturated heterocycles. The molecule has 7 nitrogen and oxygen atoms in total. The predicted octanol–water partition coefficient (Wildman–Crippen LogP) is 3.48. The van der Waals surface area contributed by atoms with Crippen molar-refractivity contribution in [2.24, 2.45) is 0 Å². The highest BCUT2D eigenvalue weighted by Gasteiger charge is 2.26. The van der Waals surface area contributed by atoms with Gasteiger partial charge in [0.05, 0.1) is 11.9 Å². The topological polar surface area (TPSA) is 86.8 Å². The predicted molar refractivity (Wildman–Crippen MR) is 132 cm³/mol. The van der Waals surface area contributed by atoms with Gasteiger partial charge in [-0.1, -0.05) is 55.0 Å². The van der Waals surface area contributed by atoms with Gasteiger partial charge in [-0.25, -0.2) is 8.42 Å². The fraction of sp³-hybridized carbons (Fsp3) is 0.440. The maximum absolute atomic E-state index is 13.2. The largest absolute Gasteiger partial charge is 0.354 e. The molecular formula is C25H35N3O4S. The van der Waals surface area contributed by atoms with Gasteiger partial charge in [-0.2, -0.15) is 0 Å². The number of carbonyl (C=O) groups excluding carboxylic acids is 2. The number of nitrogens with zero attached hydrogens (tertiary/aromatic N) is 2. The Hall–Kier alpha value is -2.87. The molecule has 2 aromatic rings. The standard InChI is InChI=1S/C25H35N3O4S/c1-5-17-26-25(30)21(3)27(19-22-15-13-20(2)14-16-22)24(29)12-9-18-28(33(4,31)32)23-10-7-6-8-11-23/h6-8,10-11,13-16,21H,5,9,12,17-19H2,1-4H3,(H,26,30)/t21-/m1/s1. The molecular weight excluding hydrogens is 438 g/mol. The van der Waals surface area contributed by atoms with Crippen molar-refractivity contribution >= 4 is 27.5 Å². The number of hydrogen-bond donors (Lipinski definition) is 1. The van der Waals surface area contributed by atoms with Crippen LogP contribution in [0.2, 0.25) is 0 Å². The molecule has 2 aromatic carbocycles. The lowest BCUT2D eigenvalue weighted by Gasteiger charge is -2.29. The van der Waals surface area contributed by atoms with Gasteiger partial charge >= 0.3 is 0 Å². The van der Waals surface area contributed by atoms with Crippen LogP contribution in [0.15, 0.2) is 54.6 Å². The molecule has 0 aliphatic rings. The maximum atomic E-state index is 13.2. The minimum atomic E-state index is -3.48. The molecule has 0 aromatic heterocycles. The van der Waals surface area contributed by atoms with Crippen molar-refractivity contribution < 1.29 is 18.0 Å². The summed E-state index contributed by atoms with van der Waals surface area (Å²) in [4.78, 5) is 27.4. The highest BCUT2D eigenvalue weighted by atomic mass is 32.2. The summed E-state index contributed by atoms with van der Waals surface area (Å²) in [7, 11) is -3.48. The molecule has 180 valence electrons. The van der Waals surface area contributed by atoms with Crippen LogP contribution in [-0.4, -0.2) is 50.5 Å². The quantitative estimate of drug-likeness (QED) is 0.511. The summed E-state index contributed by atoms with van der Waals surface area (Å²) in [6, 6.07) is 16.1. The van der Waals surface area contributed by atoms with Crippen LogP contribution in [0.3, 0.4) is 0 Å². The summed E-state index contributed by atoms with van der Waals surface area (Å²) in [6.07, 6.45) is 2.45. The van der Waals surface area contributed by atoms with Gasteiger partial charge in [0.25, 0.3) is 0 Å². The van der Waals surface area contributed by atoms with Crippen LogP contribution in [0.4, 0.5) is 5.69 Å². The molecule has 1 N–H and O–H groups in total. The average Bonchev–Trinajstić information content (AvgIpc) is 2.79. The lowest BCUT2D eigenvalue weighted by Crippen LogP contribution is -2.47.